The third-order valence-corrected chi connectivity index (χ3v) is 3.07. The highest BCUT2D eigenvalue weighted by Crippen LogP contribution is 2.18. The molecule has 1 aromatic rings. The van der Waals surface area contributed by atoms with Gasteiger partial charge in [0, 0.05) is 24.7 Å². The summed E-state index contributed by atoms with van der Waals surface area (Å²) in [7, 11) is 0. The highest BCUT2D eigenvalue weighted by Gasteiger charge is 2.21. The van der Waals surface area contributed by atoms with Crippen LogP contribution in [0, 0.1) is 0 Å². The van der Waals surface area contributed by atoms with Crippen LogP contribution in [0.5, 0.6) is 0 Å². The molecule has 0 bridgehead atoms. The van der Waals surface area contributed by atoms with Gasteiger partial charge in [0.05, 0.1) is 5.56 Å². The second-order valence-corrected chi connectivity index (χ2v) is 5.10. The van der Waals surface area contributed by atoms with E-state index in [9.17, 15) is 14.4 Å². The van der Waals surface area contributed by atoms with Crippen molar-refractivity contribution in [3.8, 4) is 0 Å². The Labute approximate surface area is 129 Å². The van der Waals surface area contributed by atoms with Gasteiger partial charge in [0.2, 0.25) is 5.91 Å². The number of aliphatic carboxylic acids is 1. The van der Waals surface area contributed by atoms with E-state index in [4.69, 9.17) is 10.8 Å². The van der Waals surface area contributed by atoms with Crippen LogP contribution < -0.4 is 11.1 Å². The number of nitrogens with zero attached hydrogens (tertiary/aromatic N) is 1. The van der Waals surface area contributed by atoms with E-state index in [1.807, 2.05) is 13.8 Å². The summed E-state index contributed by atoms with van der Waals surface area (Å²) >= 11 is 0. The average Bonchev–Trinajstić information content (AvgIpc) is 2.44. The molecule has 0 spiro atoms. The summed E-state index contributed by atoms with van der Waals surface area (Å²) in [5.74, 6) is -1.77. The number of carbonyl (C=O) groups excluding carboxylic acids is 2. The van der Waals surface area contributed by atoms with Crippen LogP contribution in [-0.4, -0.2) is 46.9 Å². The third kappa shape index (κ3) is 5.08. The molecule has 0 aliphatic carbocycles. The van der Waals surface area contributed by atoms with Gasteiger partial charge in [-0.15, -0.1) is 0 Å². The van der Waals surface area contributed by atoms with Gasteiger partial charge in [-0.1, -0.05) is 12.1 Å². The van der Waals surface area contributed by atoms with Crippen LogP contribution in [0.3, 0.4) is 0 Å². The third-order valence-electron chi connectivity index (χ3n) is 3.07. The monoisotopic (exact) mass is 307 g/mol. The molecule has 22 heavy (non-hydrogen) atoms. The summed E-state index contributed by atoms with van der Waals surface area (Å²) in [4.78, 5) is 35.8. The van der Waals surface area contributed by atoms with Gasteiger partial charge in [-0.05, 0) is 26.0 Å². The molecule has 1 aromatic carbocycles. The van der Waals surface area contributed by atoms with Crippen molar-refractivity contribution in [2.24, 2.45) is 5.73 Å². The lowest BCUT2D eigenvalue weighted by molar-refractivity contribution is -0.135. The number of nitrogens with one attached hydrogen (secondary N) is 1. The van der Waals surface area contributed by atoms with Gasteiger partial charge >= 0.3 is 5.97 Å². The topological polar surface area (TPSA) is 113 Å². The fourth-order valence-electron chi connectivity index (χ4n) is 1.97. The summed E-state index contributed by atoms with van der Waals surface area (Å²) in [5, 5.41) is 11.5. The summed E-state index contributed by atoms with van der Waals surface area (Å²) in [6.45, 7) is 3.62. The quantitative estimate of drug-likeness (QED) is 0.660. The van der Waals surface area contributed by atoms with Gasteiger partial charge in [0.15, 0.2) is 0 Å². The van der Waals surface area contributed by atoms with E-state index in [0.29, 0.717) is 11.3 Å². The van der Waals surface area contributed by atoms with Gasteiger partial charge in [-0.3, -0.25) is 14.4 Å². The number of carboxylic acid groups (broad SMARTS) is 1. The Bertz CT molecular complexity index is 557. The van der Waals surface area contributed by atoms with Gasteiger partial charge in [0.25, 0.3) is 5.91 Å². The molecule has 0 aliphatic heterocycles. The molecule has 4 N–H and O–H groups in total. The Morgan fingerprint density at radius 2 is 1.91 bits per heavy atom. The second-order valence-electron chi connectivity index (χ2n) is 5.10. The van der Waals surface area contributed by atoms with Crippen LogP contribution in [0.15, 0.2) is 24.3 Å². The molecule has 7 heteroatoms. The maximum absolute atomic E-state index is 12.7. The zero-order valence-corrected chi connectivity index (χ0v) is 12.7. The number of para-hydroxylation sites is 1. The molecular weight excluding hydrogens is 286 g/mol. The Morgan fingerprint density at radius 3 is 2.45 bits per heavy atom. The van der Waals surface area contributed by atoms with Crippen LogP contribution in [0.4, 0.5) is 5.69 Å². The van der Waals surface area contributed by atoms with Crippen LogP contribution in [0.25, 0.3) is 0 Å². The zero-order chi connectivity index (χ0) is 16.7. The van der Waals surface area contributed by atoms with E-state index in [1.165, 1.54) is 4.90 Å². The largest absolute Gasteiger partial charge is 0.480 e. The molecular formula is C15H21N3O4. The molecule has 0 fully saturated rings. The first-order valence-corrected chi connectivity index (χ1v) is 6.97. The number of rotatable bonds is 8. The Morgan fingerprint density at radius 1 is 1.27 bits per heavy atom. The van der Waals surface area contributed by atoms with Crippen molar-refractivity contribution in [3.63, 3.8) is 0 Å². The minimum atomic E-state index is -1.02. The minimum Gasteiger partial charge on any atom is -0.480 e. The molecule has 0 heterocycles. The van der Waals surface area contributed by atoms with E-state index >= 15 is 0 Å². The molecule has 0 aliphatic rings. The first-order valence-electron chi connectivity index (χ1n) is 6.97. The lowest BCUT2D eigenvalue weighted by Gasteiger charge is -2.27. The number of primary amides is 1. The van der Waals surface area contributed by atoms with Crippen molar-refractivity contribution in [2.45, 2.75) is 26.3 Å². The van der Waals surface area contributed by atoms with Gasteiger partial charge in [-0.2, -0.15) is 0 Å². The van der Waals surface area contributed by atoms with Gasteiger partial charge in [0.1, 0.15) is 6.54 Å². The van der Waals surface area contributed by atoms with E-state index in [1.54, 1.807) is 24.3 Å². The number of carbonyl (C=O) groups is 3. The number of hydrogen-bond acceptors (Lipinski definition) is 4. The van der Waals surface area contributed by atoms with Gasteiger partial charge < -0.3 is 21.1 Å². The molecule has 2 amide bonds. The van der Waals surface area contributed by atoms with Crippen molar-refractivity contribution in [1.82, 2.24) is 4.90 Å². The van der Waals surface area contributed by atoms with Crippen LogP contribution in [-0.2, 0) is 9.59 Å². The number of hydrogen-bond donors (Lipinski definition) is 3. The van der Waals surface area contributed by atoms with E-state index in [0.717, 1.165) is 0 Å². The zero-order valence-electron chi connectivity index (χ0n) is 12.7. The lowest BCUT2D eigenvalue weighted by Crippen LogP contribution is -2.39. The van der Waals surface area contributed by atoms with Crippen LogP contribution in [0.1, 0.15) is 30.6 Å². The SMILES string of the molecule is CC(C)N(CCC(N)=O)C(=O)c1ccccc1NCC(=O)O. The fourth-order valence-corrected chi connectivity index (χ4v) is 1.97. The highest BCUT2D eigenvalue weighted by molar-refractivity contribution is 6.00. The Balaban J connectivity index is 2.97. The molecule has 0 unspecified atom stereocenters. The maximum Gasteiger partial charge on any atom is 0.322 e. The summed E-state index contributed by atoms with van der Waals surface area (Å²) < 4.78 is 0. The second kappa shape index (κ2) is 8.02. The Kier molecular flexibility index (Phi) is 6.37. The molecule has 1 rings (SSSR count). The number of benzene rings is 1. The van der Waals surface area contributed by atoms with Crippen molar-refractivity contribution < 1.29 is 19.5 Å². The number of nitrogens with two attached hydrogens (primary N) is 1. The minimum absolute atomic E-state index is 0.0780. The summed E-state index contributed by atoms with van der Waals surface area (Å²) in [6, 6.07) is 6.56. The smallest absolute Gasteiger partial charge is 0.322 e. The number of anilines is 1. The fraction of sp³-hybridized carbons (Fsp3) is 0.400. The first-order chi connectivity index (χ1) is 10.3. The Hall–Kier alpha value is -2.57. The average molecular weight is 307 g/mol. The van der Waals surface area contributed by atoms with E-state index in [-0.39, 0.29) is 31.5 Å². The number of carboxylic acids is 1. The first kappa shape index (κ1) is 17.5. The van der Waals surface area contributed by atoms with E-state index < -0.39 is 11.9 Å². The van der Waals surface area contributed by atoms with Crippen molar-refractivity contribution in [1.29, 1.82) is 0 Å². The lowest BCUT2D eigenvalue weighted by atomic mass is 10.1. The summed E-state index contributed by atoms with van der Waals surface area (Å²) in [5.41, 5.74) is 5.94. The molecule has 0 atom stereocenters. The van der Waals surface area contributed by atoms with Crippen molar-refractivity contribution >= 4 is 23.5 Å². The van der Waals surface area contributed by atoms with Gasteiger partial charge in [-0.25, -0.2) is 0 Å². The highest BCUT2D eigenvalue weighted by atomic mass is 16.4. The standard InChI is InChI=1S/C15H21N3O4/c1-10(2)18(8-7-13(16)19)15(22)11-5-3-4-6-12(11)17-9-14(20)21/h3-6,10,17H,7-9H2,1-2H3,(H2,16,19)(H,20,21). The molecule has 0 saturated carbocycles. The van der Waals surface area contributed by atoms with Crippen LogP contribution >= 0.6 is 0 Å². The predicted octanol–water partition coefficient (Wildman–Crippen LogP) is 0.909. The van der Waals surface area contributed by atoms with Crippen LogP contribution in [0.2, 0.25) is 0 Å². The molecule has 120 valence electrons. The molecule has 7 nitrogen and oxygen atoms in total. The van der Waals surface area contributed by atoms with E-state index in [2.05, 4.69) is 5.32 Å². The summed E-state index contributed by atoms with van der Waals surface area (Å²) in [6.07, 6.45) is 0.0780. The number of amides is 2. The molecule has 0 aromatic heterocycles. The molecule has 0 radical (unpaired) electrons. The normalized spacial score (nSPS) is 10.3. The van der Waals surface area contributed by atoms with Crippen molar-refractivity contribution in [3.05, 3.63) is 29.8 Å². The van der Waals surface area contributed by atoms with Crippen molar-refractivity contribution in [2.75, 3.05) is 18.4 Å². The maximum atomic E-state index is 12.7. The molecule has 0 saturated heterocycles. The predicted molar refractivity (Wildman–Crippen MR) is 82.6 cm³/mol.